The number of alkyl halides is 3. The van der Waals surface area contributed by atoms with Crippen molar-refractivity contribution in [1.82, 2.24) is 0 Å². The molecule has 0 amide bonds. The minimum Gasteiger partial charge on any atom is -0.171 e. The van der Waals surface area contributed by atoms with Crippen LogP contribution in [0, 0.1) is 86.0 Å². The van der Waals surface area contributed by atoms with Crippen molar-refractivity contribution in [2.24, 2.45) is 16.7 Å². The van der Waals surface area contributed by atoms with E-state index in [9.17, 15) is 13.2 Å². The number of hydrogen-bond donors (Lipinski definition) is 0. The number of benzene rings is 8. The number of rotatable bonds is 12. The summed E-state index contributed by atoms with van der Waals surface area (Å²) in [5, 5.41) is 0. The maximum absolute atomic E-state index is 12.9. The predicted octanol–water partition coefficient (Wildman–Crippen LogP) is 33.3. The van der Waals surface area contributed by atoms with Gasteiger partial charge < -0.3 is 0 Å². The minimum absolute atomic E-state index is 0.0243. The third-order valence-corrected chi connectivity index (χ3v) is 20.3. The zero-order valence-electron chi connectivity index (χ0n) is 76.8. The Morgan fingerprint density at radius 3 is 0.917 bits per heavy atom. The molecule has 8 rings (SSSR count). The van der Waals surface area contributed by atoms with E-state index in [-0.39, 0.29) is 22.7 Å². The quantitative estimate of drug-likeness (QED) is 0.114. The van der Waals surface area contributed by atoms with Crippen molar-refractivity contribution in [1.29, 1.82) is 0 Å². The highest BCUT2D eigenvalue weighted by Gasteiger charge is 2.47. The van der Waals surface area contributed by atoms with Crippen LogP contribution in [0.25, 0.3) is 0 Å². The molecule has 0 radical (unpaired) electrons. The molecule has 0 atom stereocenters. The lowest BCUT2D eigenvalue weighted by molar-refractivity contribution is -0.211. The molecule has 0 fully saturated rings. The van der Waals surface area contributed by atoms with Gasteiger partial charge in [0, 0.05) is 0 Å². The van der Waals surface area contributed by atoms with Crippen molar-refractivity contribution < 1.29 is 13.2 Å². The molecule has 0 saturated heterocycles. The van der Waals surface area contributed by atoms with Gasteiger partial charge in [0.05, 0.1) is 5.41 Å². The molecule has 0 bridgehead atoms. The summed E-state index contributed by atoms with van der Waals surface area (Å²) in [5.74, 6) is 4.90. The molecule has 0 aromatic heterocycles. The number of halogens is 3. The van der Waals surface area contributed by atoms with E-state index in [1.807, 2.05) is 19.1 Å². The fraction of sp³-hybridized carbons (Fsp3) is 0.543. The Hall–Kier alpha value is -6.45. The topological polar surface area (TPSA) is 0 Å². The second kappa shape index (κ2) is 44.0. The van der Waals surface area contributed by atoms with Crippen LogP contribution in [0.15, 0.2) is 152 Å². The van der Waals surface area contributed by atoms with E-state index >= 15 is 0 Å². The summed E-state index contributed by atoms with van der Waals surface area (Å²) >= 11 is 0. The molecule has 0 N–H and O–H groups in total. The normalized spacial score (nSPS) is 11.9. The smallest absolute Gasteiger partial charge is 0.171 e. The molecule has 0 aliphatic carbocycles. The van der Waals surface area contributed by atoms with Crippen LogP contribution in [-0.2, 0) is 35.5 Å². The van der Waals surface area contributed by atoms with Crippen LogP contribution >= 0.6 is 0 Å². The third kappa shape index (κ3) is 35.7. The minimum atomic E-state index is -4.17. The molecule has 0 unspecified atom stereocenters. The van der Waals surface area contributed by atoms with Crippen molar-refractivity contribution in [3.05, 3.63) is 280 Å². The monoisotopic (exact) mass is 1480 g/mol. The molecule has 600 valence electrons. The molecule has 3 heteroatoms. The first kappa shape index (κ1) is 99.6. The van der Waals surface area contributed by atoms with Gasteiger partial charge >= 0.3 is 6.18 Å². The summed E-state index contributed by atoms with van der Waals surface area (Å²) < 4.78 is 38.6. The fourth-order valence-electron chi connectivity index (χ4n) is 13.7. The van der Waals surface area contributed by atoms with E-state index in [0.717, 1.165) is 29.0 Å². The van der Waals surface area contributed by atoms with Gasteiger partial charge in [-0.3, -0.25) is 0 Å². The first-order valence-electron chi connectivity index (χ1n) is 41.0. The summed E-state index contributed by atoms with van der Waals surface area (Å²) in [5.41, 5.74) is 31.3. The SMILES string of the molecule is Cc1ccc(C(C)(C)C)cc1C(C)C.Cc1ccc(C(C)C)cc1C(C)C.Cc1ccc(C)c(C(C)(C)C)c1.Cc1ccc(C)c(C(C)C)c1.Cc1ccc(CC(C)(C)C(F)(F)F)cc1C(C)C.Cc1ccc(CC(C)(C)C)cc1C(C)C.Cc1ccc(CC(C)C)cc1C(C)C.Cc1ccccc1C(C)(C)C. The lowest BCUT2D eigenvalue weighted by Crippen LogP contribution is -2.34. The molecule has 108 heavy (non-hydrogen) atoms. The predicted molar refractivity (Wildman–Crippen MR) is 479 cm³/mol. The van der Waals surface area contributed by atoms with E-state index < -0.39 is 11.6 Å². The zero-order chi connectivity index (χ0) is 83.7. The van der Waals surface area contributed by atoms with E-state index in [1.54, 1.807) is 6.07 Å². The zero-order valence-corrected chi connectivity index (χ0v) is 76.8. The molecule has 0 aliphatic rings. The molecule has 0 nitrogen and oxygen atoms in total. The Bertz CT molecular complexity index is 3940. The van der Waals surface area contributed by atoms with Gasteiger partial charge in [0.2, 0.25) is 0 Å². The average molecular weight is 1480 g/mol. The first-order valence-corrected chi connectivity index (χ1v) is 41.0. The Morgan fingerprint density at radius 1 is 0.269 bits per heavy atom. The van der Waals surface area contributed by atoms with Gasteiger partial charge in [0.1, 0.15) is 0 Å². The highest BCUT2D eigenvalue weighted by molar-refractivity contribution is 5.40. The second-order valence-electron chi connectivity index (χ2n) is 39.0. The molecular formula is C105H159F3. The summed E-state index contributed by atoms with van der Waals surface area (Å²) in [6, 6.07) is 55.0. The van der Waals surface area contributed by atoms with Gasteiger partial charge in [0.25, 0.3) is 0 Å². The van der Waals surface area contributed by atoms with Gasteiger partial charge in [-0.15, -0.1) is 0 Å². The van der Waals surface area contributed by atoms with E-state index in [1.165, 1.54) is 132 Å². The van der Waals surface area contributed by atoms with E-state index in [2.05, 4.69) is 390 Å². The fourth-order valence-corrected chi connectivity index (χ4v) is 13.7. The summed E-state index contributed by atoms with van der Waals surface area (Å²) in [7, 11) is 0. The van der Waals surface area contributed by atoms with Crippen LogP contribution in [0.5, 0.6) is 0 Å². The van der Waals surface area contributed by atoms with Crippen LogP contribution in [0.4, 0.5) is 13.2 Å². The molecule has 8 aromatic carbocycles. The molecule has 8 aromatic rings. The summed E-state index contributed by atoms with van der Waals surface area (Å²) in [6.07, 6.45) is -1.79. The maximum Gasteiger partial charge on any atom is 0.394 e. The van der Waals surface area contributed by atoms with Gasteiger partial charge in [-0.2, -0.15) is 13.2 Å². The lowest BCUT2D eigenvalue weighted by atomic mass is 9.83. The van der Waals surface area contributed by atoms with E-state index in [0.29, 0.717) is 46.8 Å². The van der Waals surface area contributed by atoms with Crippen molar-refractivity contribution >= 4 is 0 Å². The average Bonchev–Trinajstić information content (AvgIpc) is 0.812. The maximum atomic E-state index is 12.9. The van der Waals surface area contributed by atoms with Crippen molar-refractivity contribution in [2.45, 2.75) is 360 Å². The summed E-state index contributed by atoms with van der Waals surface area (Å²) in [6.45, 7) is 87.0. The van der Waals surface area contributed by atoms with Crippen LogP contribution in [0.1, 0.15) is 377 Å². The van der Waals surface area contributed by atoms with Gasteiger partial charge in [-0.25, -0.2) is 0 Å². The van der Waals surface area contributed by atoms with Crippen molar-refractivity contribution in [2.75, 3.05) is 0 Å². The highest BCUT2D eigenvalue weighted by atomic mass is 19.4. The van der Waals surface area contributed by atoms with Gasteiger partial charge in [-0.05, 0) is 274 Å². The Balaban J connectivity index is 0.000000620. The van der Waals surface area contributed by atoms with Gasteiger partial charge in [-0.1, -0.05) is 370 Å². The second-order valence-corrected chi connectivity index (χ2v) is 39.0. The largest absolute Gasteiger partial charge is 0.394 e. The van der Waals surface area contributed by atoms with E-state index in [4.69, 9.17) is 0 Å². The Kier molecular flexibility index (Phi) is 40.5. The molecule has 0 heterocycles. The van der Waals surface area contributed by atoms with Crippen LogP contribution in [-0.4, -0.2) is 6.18 Å². The standard InChI is InChI=1S/C15H21F3.C15H24.2C14H22.C13H20.C12H18.2C11H16/c1-10(2)13-8-12(7-6-11(13)3)9-14(4,5)15(16,17)18;1-11(2)14-9-13(8-7-12(14)3)10-15(4,5)6;1-10(2)13-9-12(14(4,5)6)8-7-11(13)3;1-10(2)8-13-7-6-12(5)14(9-13)11(3)4;1-9(2)12-7-6-11(5)13(8-12)10(3)4;1-9-6-7-10(2)11(8-9)12(3,4)5;1-8(2)11-7-9(3)5-6-10(11)4;1-9-7-5-6-8-10(9)11(2,3)4/h6-8,10H,9H2,1-5H3;7-9,11H,10H2,1-6H3;7-10H,1-6H3;6-7,9-11H,8H2,1-5H3;6-10H,1-5H3;6-8H,1-5H3;2*5-8H,1-4H3. The molecular weight excluding hydrogens is 1320 g/mol. The van der Waals surface area contributed by atoms with Crippen LogP contribution < -0.4 is 0 Å². The number of hydrogen-bond acceptors (Lipinski definition) is 0. The third-order valence-electron chi connectivity index (χ3n) is 20.3. The summed E-state index contributed by atoms with van der Waals surface area (Å²) in [4.78, 5) is 0. The Morgan fingerprint density at radius 2 is 0.583 bits per heavy atom. The number of aryl methyl sites for hydroxylation is 10. The van der Waals surface area contributed by atoms with Crippen molar-refractivity contribution in [3.8, 4) is 0 Å². The lowest BCUT2D eigenvalue weighted by Gasteiger charge is -2.28. The van der Waals surface area contributed by atoms with Gasteiger partial charge in [0.15, 0.2) is 0 Å². The molecule has 0 aliphatic heterocycles. The van der Waals surface area contributed by atoms with Crippen LogP contribution in [0.2, 0.25) is 0 Å². The van der Waals surface area contributed by atoms with Crippen molar-refractivity contribution in [3.63, 3.8) is 0 Å². The molecule has 0 spiro atoms. The Labute approximate surface area is 665 Å². The van der Waals surface area contributed by atoms with Crippen LogP contribution in [0.3, 0.4) is 0 Å². The molecule has 0 saturated carbocycles. The first-order chi connectivity index (χ1) is 49.2. The highest BCUT2D eigenvalue weighted by Crippen LogP contribution is 2.41.